The lowest BCUT2D eigenvalue weighted by Gasteiger charge is -2.26. The standard InChI is InChI=1S/C21H22F3NO4/c1-15(2)25(18-6-4-3-5-7-18)19(26)13-29-20(27)17-10-8-16(9-11-17)12-28-14-21(22,23)24/h3-11,15H,12-14H2,1-2H3. The van der Waals surface area contributed by atoms with Crippen LogP contribution in [0, 0.1) is 0 Å². The van der Waals surface area contributed by atoms with Gasteiger partial charge in [0.2, 0.25) is 0 Å². The zero-order valence-electron chi connectivity index (χ0n) is 16.1. The number of rotatable bonds is 8. The highest BCUT2D eigenvalue weighted by Gasteiger charge is 2.27. The zero-order chi connectivity index (χ0) is 21.4. The van der Waals surface area contributed by atoms with E-state index in [1.54, 1.807) is 12.1 Å². The molecule has 1 amide bonds. The molecule has 0 atom stereocenters. The van der Waals surface area contributed by atoms with Crippen LogP contribution >= 0.6 is 0 Å². The molecule has 0 aliphatic heterocycles. The van der Waals surface area contributed by atoms with Crippen molar-refractivity contribution in [2.45, 2.75) is 32.7 Å². The van der Waals surface area contributed by atoms with Crippen molar-refractivity contribution in [3.8, 4) is 0 Å². The number of alkyl halides is 3. The summed E-state index contributed by atoms with van der Waals surface area (Å²) in [6.45, 7) is 1.71. The van der Waals surface area contributed by atoms with Crippen LogP contribution in [0.25, 0.3) is 0 Å². The second-order valence-corrected chi connectivity index (χ2v) is 6.57. The normalized spacial score (nSPS) is 11.4. The van der Waals surface area contributed by atoms with E-state index in [9.17, 15) is 22.8 Å². The average Bonchev–Trinajstić information content (AvgIpc) is 2.66. The fourth-order valence-corrected chi connectivity index (χ4v) is 2.62. The van der Waals surface area contributed by atoms with E-state index in [0.29, 0.717) is 11.3 Å². The van der Waals surface area contributed by atoms with Gasteiger partial charge in [-0.3, -0.25) is 4.79 Å². The maximum absolute atomic E-state index is 12.5. The Morgan fingerprint density at radius 1 is 1.00 bits per heavy atom. The van der Waals surface area contributed by atoms with Gasteiger partial charge in [-0.05, 0) is 43.7 Å². The third kappa shape index (κ3) is 7.23. The smallest absolute Gasteiger partial charge is 0.411 e. The van der Waals surface area contributed by atoms with Gasteiger partial charge in [-0.25, -0.2) is 4.79 Å². The van der Waals surface area contributed by atoms with Crippen LogP contribution in [0.15, 0.2) is 54.6 Å². The lowest BCUT2D eigenvalue weighted by molar-refractivity contribution is -0.176. The number of amides is 1. The van der Waals surface area contributed by atoms with Crippen molar-refractivity contribution in [3.63, 3.8) is 0 Å². The van der Waals surface area contributed by atoms with Crippen LogP contribution in [-0.4, -0.2) is 37.3 Å². The van der Waals surface area contributed by atoms with Gasteiger partial charge in [-0.15, -0.1) is 0 Å². The molecule has 29 heavy (non-hydrogen) atoms. The molecule has 0 bridgehead atoms. The van der Waals surface area contributed by atoms with Crippen molar-refractivity contribution in [2.24, 2.45) is 0 Å². The van der Waals surface area contributed by atoms with E-state index in [4.69, 9.17) is 4.74 Å². The minimum absolute atomic E-state index is 0.125. The van der Waals surface area contributed by atoms with Crippen LogP contribution < -0.4 is 4.90 Å². The topological polar surface area (TPSA) is 55.8 Å². The molecule has 0 N–H and O–H groups in total. The van der Waals surface area contributed by atoms with Crippen LogP contribution in [0.5, 0.6) is 0 Å². The van der Waals surface area contributed by atoms with Gasteiger partial charge < -0.3 is 14.4 Å². The van der Waals surface area contributed by atoms with E-state index in [1.165, 1.54) is 29.2 Å². The Balaban J connectivity index is 1.90. The minimum Gasteiger partial charge on any atom is -0.452 e. The lowest BCUT2D eigenvalue weighted by Crippen LogP contribution is -2.39. The molecule has 0 spiro atoms. The number of anilines is 1. The van der Waals surface area contributed by atoms with Crippen LogP contribution in [0.4, 0.5) is 18.9 Å². The number of halogens is 3. The van der Waals surface area contributed by atoms with Crippen LogP contribution in [0.2, 0.25) is 0 Å². The number of para-hydroxylation sites is 1. The molecule has 2 aromatic rings. The highest BCUT2D eigenvalue weighted by atomic mass is 19.4. The molecular weight excluding hydrogens is 387 g/mol. The molecule has 0 radical (unpaired) electrons. The molecule has 2 rings (SSSR count). The summed E-state index contributed by atoms with van der Waals surface area (Å²) in [7, 11) is 0. The Morgan fingerprint density at radius 3 is 2.17 bits per heavy atom. The number of carbonyl (C=O) groups is 2. The maximum atomic E-state index is 12.5. The summed E-state index contributed by atoms with van der Waals surface area (Å²) in [6.07, 6.45) is -4.39. The Labute approximate surface area is 167 Å². The molecule has 0 unspecified atom stereocenters. The van der Waals surface area contributed by atoms with Crippen molar-refractivity contribution >= 4 is 17.6 Å². The first-order chi connectivity index (χ1) is 13.7. The molecule has 0 saturated carbocycles. The third-order valence-corrected chi connectivity index (χ3v) is 3.87. The molecule has 0 aliphatic rings. The molecular formula is C21H22F3NO4. The van der Waals surface area contributed by atoms with E-state index >= 15 is 0 Å². The van der Waals surface area contributed by atoms with Crippen LogP contribution in [0.1, 0.15) is 29.8 Å². The molecule has 2 aromatic carbocycles. The molecule has 5 nitrogen and oxygen atoms in total. The third-order valence-electron chi connectivity index (χ3n) is 3.87. The van der Waals surface area contributed by atoms with E-state index in [2.05, 4.69) is 4.74 Å². The highest BCUT2D eigenvalue weighted by Crippen LogP contribution is 2.18. The second kappa shape index (κ2) is 10.1. The van der Waals surface area contributed by atoms with Gasteiger partial charge >= 0.3 is 12.1 Å². The first kappa shape index (κ1) is 22.4. The molecule has 0 aliphatic carbocycles. The quantitative estimate of drug-likeness (QED) is 0.608. The Kier molecular flexibility index (Phi) is 7.78. The fraction of sp³-hybridized carbons (Fsp3) is 0.333. The number of ether oxygens (including phenoxy) is 2. The molecule has 0 aromatic heterocycles. The summed E-state index contributed by atoms with van der Waals surface area (Å²) in [4.78, 5) is 26.2. The minimum atomic E-state index is -4.39. The molecule has 0 heterocycles. The van der Waals surface area contributed by atoms with E-state index in [0.717, 1.165) is 0 Å². The number of carbonyl (C=O) groups excluding carboxylic acids is 2. The average molecular weight is 409 g/mol. The number of esters is 1. The number of hydrogen-bond donors (Lipinski definition) is 0. The first-order valence-electron chi connectivity index (χ1n) is 8.95. The number of benzene rings is 2. The van der Waals surface area contributed by atoms with Crippen molar-refractivity contribution in [2.75, 3.05) is 18.1 Å². The summed E-state index contributed by atoms with van der Waals surface area (Å²) in [5.41, 5.74) is 1.37. The van der Waals surface area contributed by atoms with Gasteiger partial charge in [-0.2, -0.15) is 13.2 Å². The van der Waals surface area contributed by atoms with E-state index in [-0.39, 0.29) is 24.1 Å². The van der Waals surface area contributed by atoms with Crippen molar-refractivity contribution in [3.05, 3.63) is 65.7 Å². The van der Waals surface area contributed by atoms with Gasteiger partial charge in [0.15, 0.2) is 6.61 Å². The van der Waals surface area contributed by atoms with Crippen LogP contribution in [-0.2, 0) is 20.9 Å². The van der Waals surface area contributed by atoms with E-state index in [1.807, 2.05) is 32.0 Å². The lowest BCUT2D eigenvalue weighted by atomic mass is 10.1. The summed E-state index contributed by atoms with van der Waals surface area (Å²) in [6, 6.07) is 14.7. The number of nitrogens with zero attached hydrogens (tertiary/aromatic N) is 1. The molecule has 0 saturated heterocycles. The molecule has 156 valence electrons. The Bertz CT molecular complexity index is 805. The maximum Gasteiger partial charge on any atom is 0.411 e. The fourth-order valence-electron chi connectivity index (χ4n) is 2.62. The Morgan fingerprint density at radius 2 is 1.62 bits per heavy atom. The van der Waals surface area contributed by atoms with Crippen LogP contribution in [0.3, 0.4) is 0 Å². The molecule has 0 fully saturated rings. The van der Waals surface area contributed by atoms with Gasteiger partial charge in [-0.1, -0.05) is 30.3 Å². The molecule has 8 heteroatoms. The largest absolute Gasteiger partial charge is 0.452 e. The van der Waals surface area contributed by atoms with Crippen molar-refractivity contribution in [1.82, 2.24) is 0 Å². The predicted molar refractivity (Wildman–Crippen MR) is 101 cm³/mol. The van der Waals surface area contributed by atoms with Gasteiger partial charge in [0.25, 0.3) is 5.91 Å². The summed E-state index contributed by atoms with van der Waals surface area (Å²) < 4.78 is 45.9. The van der Waals surface area contributed by atoms with Gasteiger partial charge in [0, 0.05) is 11.7 Å². The highest BCUT2D eigenvalue weighted by molar-refractivity contribution is 5.97. The summed E-state index contributed by atoms with van der Waals surface area (Å²) >= 11 is 0. The summed E-state index contributed by atoms with van der Waals surface area (Å²) in [5, 5.41) is 0. The van der Waals surface area contributed by atoms with E-state index < -0.39 is 25.4 Å². The predicted octanol–water partition coefficient (Wildman–Crippen LogP) is 4.36. The van der Waals surface area contributed by atoms with Crippen molar-refractivity contribution < 1.29 is 32.2 Å². The van der Waals surface area contributed by atoms with Crippen molar-refractivity contribution in [1.29, 1.82) is 0 Å². The van der Waals surface area contributed by atoms with Gasteiger partial charge in [0.1, 0.15) is 6.61 Å². The SMILES string of the molecule is CC(C)N(C(=O)COC(=O)c1ccc(COCC(F)(F)F)cc1)c1ccccc1. The second-order valence-electron chi connectivity index (χ2n) is 6.57. The first-order valence-corrected chi connectivity index (χ1v) is 8.95. The summed E-state index contributed by atoms with van der Waals surface area (Å²) in [5.74, 6) is -1.06. The van der Waals surface area contributed by atoms with Gasteiger partial charge in [0.05, 0.1) is 12.2 Å². The Hall–Kier alpha value is -2.87. The monoisotopic (exact) mass is 409 g/mol. The number of hydrogen-bond acceptors (Lipinski definition) is 4. The zero-order valence-corrected chi connectivity index (χ0v) is 16.1.